The highest BCUT2D eigenvalue weighted by Crippen LogP contribution is 2.32. The molecule has 2 heterocycles. The van der Waals surface area contributed by atoms with Crippen LogP contribution in [0.2, 0.25) is 0 Å². The maximum Gasteiger partial charge on any atom is 0.243 e. The van der Waals surface area contributed by atoms with E-state index in [1.165, 1.54) is 32.1 Å². The largest absolute Gasteiger partial charge is 0.392 e. The summed E-state index contributed by atoms with van der Waals surface area (Å²) in [5.41, 5.74) is 0. The van der Waals surface area contributed by atoms with Crippen molar-refractivity contribution in [2.45, 2.75) is 56.6 Å². The number of aromatic nitrogens is 2. The van der Waals surface area contributed by atoms with Gasteiger partial charge in [-0.05, 0) is 19.3 Å². The Bertz CT molecular complexity index is 354. The van der Waals surface area contributed by atoms with Gasteiger partial charge in [-0.2, -0.15) is 4.98 Å². The lowest BCUT2D eigenvalue weighted by Gasteiger charge is -2.17. The van der Waals surface area contributed by atoms with Crippen LogP contribution in [0.1, 0.15) is 62.2 Å². The second-order valence-corrected chi connectivity index (χ2v) is 5.18. The van der Waals surface area contributed by atoms with Crippen LogP contribution in [0.4, 0.5) is 0 Å². The highest BCUT2D eigenvalue weighted by molar-refractivity contribution is 5.01. The molecule has 1 aromatic heterocycles. The van der Waals surface area contributed by atoms with E-state index < -0.39 is 0 Å². The van der Waals surface area contributed by atoms with E-state index >= 15 is 0 Å². The van der Waals surface area contributed by atoms with Crippen LogP contribution in [0, 0.1) is 0 Å². The Kier molecular flexibility index (Phi) is 3.11. The first-order chi connectivity index (χ1) is 8.33. The van der Waals surface area contributed by atoms with Gasteiger partial charge in [0.25, 0.3) is 0 Å². The SMILES string of the molecule is OC1CNC(c2nc(C3CCCCC3)no2)C1. The van der Waals surface area contributed by atoms with E-state index in [2.05, 4.69) is 15.5 Å². The maximum absolute atomic E-state index is 9.46. The van der Waals surface area contributed by atoms with E-state index in [1.807, 2.05) is 0 Å². The third kappa shape index (κ3) is 2.35. The van der Waals surface area contributed by atoms with Crippen molar-refractivity contribution in [2.24, 2.45) is 0 Å². The highest BCUT2D eigenvalue weighted by atomic mass is 16.5. The Morgan fingerprint density at radius 3 is 2.76 bits per heavy atom. The molecule has 1 saturated carbocycles. The summed E-state index contributed by atoms with van der Waals surface area (Å²) in [6, 6.07) is 0.0369. The Morgan fingerprint density at radius 2 is 2.06 bits per heavy atom. The fraction of sp³-hybridized carbons (Fsp3) is 0.833. The van der Waals surface area contributed by atoms with Gasteiger partial charge in [-0.15, -0.1) is 0 Å². The van der Waals surface area contributed by atoms with Gasteiger partial charge in [-0.1, -0.05) is 24.4 Å². The monoisotopic (exact) mass is 237 g/mol. The summed E-state index contributed by atoms with van der Waals surface area (Å²) >= 11 is 0. The van der Waals surface area contributed by atoms with Gasteiger partial charge >= 0.3 is 0 Å². The van der Waals surface area contributed by atoms with Crippen LogP contribution < -0.4 is 5.32 Å². The molecule has 2 atom stereocenters. The summed E-state index contributed by atoms with van der Waals surface area (Å²) in [6.45, 7) is 0.617. The van der Waals surface area contributed by atoms with Crippen LogP contribution in [0.3, 0.4) is 0 Å². The number of nitrogens with zero attached hydrogens (tertiary/aromatic N) is 2. The Labute approximate surface area is 101 Å². The van der Waals surface area contributed by atoms with Crippen LogP contribution in [-0.4, -0.2) is 27.9 Å². The molecule has 94 valence electrons. The van der Waals surface area contributed by atoms with Crippen molar-refractivity contribution in [3.63, 3.8) is 0 Å². The second kappa shape index (κ2) is 4.74. The quantitative estimate of drug-likeness (QED) is 0.816. The number of aliphatic hydroxyl groups is 1. The number of hydrogen-bond acceptors (Lipinski definition) is 5. The van der Waals surface area contributed by atoms with Gasteiger partial charge in [0.2, 0.25) is 5.89 Å². The van der Waals surface area contributed by atoms with Gasteiger partial charge < -0.3 is 14.9 Å². The van der Waals surface area contributed by atoms with Crippen molar-refractivity contribution in [1.82, 2.24) is 15.5 Å². The van der Waals surface area contributed by atoms with Crippen molar-refractivity contribution in [1.29, 1.82) is 0 Å². The van der Waals surface area contributed by atoms with E-state index in [9.17, 15) is 5.11 Å². The van der Waals surface area contributed by atoms with Gasteiger partial charge in [-0.25, -0.2) is 0 Å². The van der Waals surface area contributed by atoms with E-state index in [-0.39, 0.29) is 12.1 Å². The van der Waals surface area contributed by atoms with Crippen molar-refractivity contribution in [3.8, 4) is 0 Å². The molecule has 5 nitrogen and oxygen atoms in total. The predicted molar refractivity (Wildman–Crippen MR) is 61.5 cm³/mol. The molecule has 2 N–H and O–H groups in total. The lowest BCUT2D eigenvalue weighted by molar-refractivity contribution is 0.191. The zero-order valence-corrected chi connectivity index (χ0v) is 9.93. The topological polar surface area (TPSA) is 71.2 Å². The minimum atomic E-state index is -0.287. The molecule has 0 bridgehead atoms. The average molecular weight is 237 g/mol. The third-order valence-corrected chi connectivity index (χ3v) is 3.83. The summed E-state index contributed by atoms with van der Waals surface area (Å²) in [6.07, 6.45) is 6.62. The highest BCUT2D eigenvalue weighted by Gasteiger charge is 2.29. The second-order valence-electron chi connectivity index (χ2n) is 5.18. The van der Waals surface area contributed by atoms with E-state index in [1.54, 1.807) is 0 Å². The maximum atomic E-state index is 9.46. The van der Waals surface area contributed by atoms with Crippen LogP contribution in [-0.2, 0) is 0 Å². The summed E-state index contributed by atoms with van der Waals surface area (Å²) in [5.74, 6) is 1.98. The molecule has 0 spiro atoms. The lowest BCUT2D eigenvalue weighted by Crippen LogP contribution is -2.15. The molecule has 1 aliphatic carbocycles. The van der Waals surface area contributed by atoms with Gasteiger partial charge in [0, 0.05) is 12.5 Å². The molecule has 3 rings (SSSR count). The number of hydrogen-bond donors (Lipinski definition) is 2. The van der Waals surface area contributed by atoms with Gasteiger partial charge in [0.15, 0.2) is 5.82 Å². The molecule has 2 fully saturated rings. The summed E-state index contributed by atoms with van der Waals surface area (Å²) < 4.78 is 5.32. The van der Waals surface area contributed by atoms with Crippen LogP contribution in [0.15, 0.2) is 4.52 Å². The molecule has 17 heavy (non-hydrogen) atoms. The number of β-amino-alcohol motifs (C(OH)–C–C–N with tert-alkyl or cyclic N) is 1. The molecule has 0 amide bonds. The summed E-state index contributed by atoms with van der Waals surface area (Å²) in [7, 11) is 0. The molecule has 1 saturated heterocycles. The number of aliphatic hydroxyl groups excluding tert-OH is 1. The fourth-order valence-corrected chi connectivity index (χ4v) is 2.82. The molecule has 1 aromatic rings. The van der Waals surface area contributed by atoms with E-state index in [0.717, 1.165) is 5.82 Å². The fourth-order valence-electron chi connectivity index (χ4n) is 2.82. The average Bonchev–Trinajstić information content (AvgIpc) is 2.98. The van der Waals surface area contributed by atoms with E-state index in [0.29, 0.717) is 24.8 Å². The Balaban J connectivity index is 1.69. The predicted octanol–water partition coefficient (Wildman–Crippen LogP) is 1.51. The molecule has 2 aliphatic rings. The lowest BCUT2D eigenvalue weighted by atomic mass is 9.89. The van der Waals surface area contributed by atoms with Crippen LogP contribution in [0.5, 0.6) is 0 Å². The van der Waals surface area contributed by atoms with Gasteiger partial charge in [0.05, 0.1) is 12.1 Å². The Morgan fingerprint density at radius 1 is 1.24 bits per heavy atom. The molecule has 5 heteroatoms. The molecular weight excluding hydrogens is 218 g/mol. The number of nitrogens with one attached hydrogen (secondary N) is 1. The first-order valence-corrected chi connectivity index (χ1v) is 6.58. The van der Waals surface area contributed by atoms with Crippen molar-refractivity contribution in [3.05, 3.63) is 11.7 Å². The van der Waals surface area contributed by atoms with Gasteiger partial charge in [0.1, 0.15) is 0 Å². The van der Waals surface area contributed by atoms with Gasteiger partial charge in [-0.3, -0.25) is 0 Å². The Hall–Kier alpha value is -0.940. The summed E-state index contributed by atoms with van der Waals surface area (Å²) in [4.78, 5) is 4.50. The van der Waals surface area contributed by atoms with Crippen LogP contribution >= 0.6 is 0 Å². The van der Waals surface area contributed by atoms with Crippen molar-refractivity contribution < 1.29 is 9.63 Å². The molecular formula is C12H19N3O2. The first-order valence-electron chi connectivity index (χ1n) is 6.58. The third-order valence-electron chi connectivity index (χ3n) is 3.83. The van der Waals surface area contributed by atoms with Crippen molar-refractivity contribution in [2.75, 3.05) is 6.54 Å². The minimum absolute atomic E-state index is 0.0369. The normalized spacial score (nSPS) is 30.9. The zero-order valence-electron chi connectivity index (χ0n) is 9.93. The molecule has 0 radical (unpaired) electrons. The molecule has 0 aromatic carbocycles. The standard InChI is InChI=1S/C12H19N3O2/c16-9-6-10(13-7-9)12-14-11(15-17-12)8-4-2-1-3-5-8/h8-10,13,16H,1-7H2. The first kappa shape index (κ1) is 11.2. The van der Waals surface area contributed by atoms with Crippen LogP contribution in [0.25, 0.3) is 0 Å². The summed E-state index contributed by atoms with van der Waals surface area (Å²) in [5, 5.41) is 16.8. The molecule has 2 unspecified atom stereocenters. The smallest absolute Gasteiger partial charge is 0.243 e. The van der Waals surface area contributed by atoms with Crippen molar-refractivity contribution >= 4 is 0 Å². The zero-order chi connectivity index (χ0) is 11.7. The molecule has 1 aliphatic heterocycles. The minimum Gasteiger partial charge on any atom is -0.392 e. The number of rotatable bonds is 2. The van der Waals surface area contributed by atoms with E-state index in [4.69, 9.17) is 4.52 Å².